The summed E-state index contributed by atoms with van der Waals surface area (Å²) in [7, 11) is -9.93. The predicted octanol–water partition coefficient (Wildman–Crippen LogP) is 28.7. The molecule has 0 spiro atoms. The Hall–Kier alpha value is -1.94. The van der Waals surface area contributed by atoms with Gasteiger partial charge in [-0.2, -0.15) is 0 Å². The second-order valence-electron chi connectivity index (χ2n) is 33.5. The Bertz CT molecular complexity index is 2100. The SMILES string of the molecule is CCCCCCCCCCCCCCCCCCCCCCCCC(=O)OC[C@H](COP(=O)(O)OC[C@@H](O)COP(=O)(O)OC[C@@H](COC(=O)CCCCCCCCCCCCC)OC(=O)CCCCCCCCCCCCCCCC(C)C)OC(=O)CCCCCCCCCCCCCCCCCCCCCCCC. The number of rotatable bonds is 92. The van der Waals surface area contributed by atoms with Crippen molar-refractivity contribution < 1.29 is 80.2 Å². The molecule has 111 heavy (non-hydrogen) atoms. The molecule has 0 rings (SSSR count). The van der Waals surface area contributed by atoms with E-state index in [1.54, 1.807) is 0 Å². The summed E-state index contributed by atoms with van der Waals surface area (Å²) in [6.07, 6.45) is 80.8. The van der Waals surface area contributed by atoms with Gasteiger partial charge in [-0.3, -0.25) is 37.3 Å². The van der Waals surface area contributed by atoms with Crippen LogP contribution in [0.5, 0.6) is 0 Å². The van der Waals surface area contributed by atoms with Crippen LogP contribution in [-0.2, 0) is 65.4 Å². The van der Waals surface area contributed by atoms with E-state index in [0.717, 1.165) is 95.8 Å². The second-order valence-corrected chi connectivity index (χ2v) is 36.4. The highest BCUT2D eigenvalue weighted by molar-refractivity contribution is 7.47. The van der Waals surface area contributed by atoms with Gasteiger partial charge in [-0.1, -0.05) is 452 Å². The van der Waals surface area contributed by atoms with Crippen molar-refractivity contribution in [3.63, 3.8) is 0 Å². The Kier molecular flexibility index (Phi) is 83.0. The molecule has 0 aliphatic carbocycles. The van der Waals surface area contributed by atoms with Gasteiger partial charge < -0.3 is 33.8 Å². The molecule has 0 aliphatic heterocycles. The predicted molar refractivity (Wildman–Crippen MR) is 460 cm³/mol. The summed E-state index contributed by atoms with van der Waals surface area (Å²) < 4.78 is 69.1. The second kappa shape index (κ2) is 84.5. The summed E-state index contributed by atoms with van der Waals surface area (Å²) in [6, 6.07) is 0. The average Bonchev–Trinajstić information content (AvgIpc) is 0.898. The summed E-state index contributed by atoms with van der Waals surface area (Å²) in [5.41, 5.74) is 0. The van der Waals surface area contributed by atoms with Crippen LogP contribution in [0, 0.1) is 5.92 Å². The molecular formula is C92H180O17P2. The quantitative estimate of drug-likeness (QED) is 0.0222. The van der Waals surface area contributed by atoms with Gasteiger partial charge in [0.05, 0.1) is 26.4 Å². The molecular weight excluding hydrogens is 1440 g/mol. The zero-order valence-electron chi connectivity index (χ0n) is 73.1. The Balaban J connectivity index is 5.21. The molecule has 3 N–H and O–H groups in total. The summed E-state index contributed by atoms with van der Waals surface area (Å²) in [5.74, 6) is -1.31. The third-order valence-electron chi connectivity index (χ3n) is 21.8. The molecule has 0 aliphatic rings. The third-order valence-corrected chi connectivity index (χ3v) is 23.7. The van der Waals surface area contributed by atoms with E-state index < -0.39 is 97.5 Å². The normalized spacial score (nSPS) is 13.7. The molecule has 0 radical (unpaired) electrons. The van der Waals surface area contributed by atoms with Gasteiger partial charge in [0.2, 0.25) is 0 Å². The smallest absolute Gasteiger partial charge is 0.462 e. The van der Waals surface area contributed by atoms with Crippen molar-refractivity contribution in [2.45, 2.75) is 522 Å². The first kappa shape index (κ1) is 109. The Morgan fingerprint density at radius 2 is 0.414 bits per heavy atom. The molecule has 0 fully saturated rings. The number of aliphatic hydroxyl groups is 1. The largest absolute Gasteiger partial charge is 0.472 e. The molecule has 0 aromatic heterocycles. The minimum Gasteiger partial charge on any atom is -0.462 e. The van der Waals surface area contributed by atoms with Gasteiger partial charge in [0.25, 0.3) is 0 Å². The number of ether oxygens (including phenoxy) is 4. The molecule has 0 amide bonds. The Morgan fingerprint density at radius 1 is 0.243 bits per heavy atom. The Morgan fingerprint density at radius 3 is 0.613 bits per heavy atom. The van der Waals surface area contributed by atoms with Gasteiger partial charge >= 0.3 is 39.5 Å². The van der Waals surface area contributed by atoms with Crippen LogP contribution in [0.2, 0.25) is 0 Å². The number of unbranched alkanes of at least 4 members (excludes halogenated alkanes) is 64. The highest BCUT2D eigenvalue weighted by atomic mass is 31.2. The molecule has 17 nitrogen and oxygen atoms in total. The van der Waals surface area contributed by atoms with E-state index >= 15 is 0 Å². The van der Waals surface area contributed by atoms with Gasteiger partial charge in [0.15, 0.2) is 12.2 Å². The summed E-state index contributed by atoms with van der Waals surface area (Å²) in [4.78, 5) is 73.4. The van der Waals surface area contributed by atoms with Gasteiger partial charge in [-0.25, -0.2) is 9.13 Å². The van der Waals surface area contributed by atoms with E-state index in [2.05, 4.69) is 34.6 Å². The lowest BCUT2D eigenvalue weighted by Gasteiger charge is -2.21. The van der Waals surface area contributed by atoms with Crippen LogP contribution in [-0.4, -0.2) is 96.7 Å². The van der Waals surface area contributed by atoms with Crippen LogP contribution in [0.3, 0.4) is 0 Å². The zero-order valence-corrected chi connectivity index (χ0v) is 74.9. The molecule has 5 atom stereocenters. The molecule has 0 heterocycles. The molecule has 19 heteroatoms. The minimum atomic E-state index is -4.97. The fourth-order valence-corrected chi connectivity index (χ4v) is 16.1. The van der Waals surface area contributed by atoms with Crippen LogP contribution in [0.25, 0.3) is 0 Å². The van der Waals surface area contributed by atoms with Crippen molar-refractivity contribution in [2.75, 3.05) is 39.6 Å². The van der Waals surface area contributed by atoms with Crippen LogP contribution in [0.1, 0.15) is 503 Å². The number of carbonyl (C=O) groups is 4. The van der Waals surface area contributed by atoms with Crippen LogP contribution >= 0.6 is 15.6 Å². The first-order chi connectivity index (χ1) is 54.0. The number of phosphoric ester groups is 2. The van der Waals surface area contributed by atoms with E-state index in [1.165, 1.54) is 327 Å². The lowest BCUT2D eigenvalue weighted by molar-refractivity contribution is -0.161. The molecule has 660 valence electrons. The van der Waals surface area contributed by atoms with E-state index in [1.807, 2.05) is 0 Å². The fourth-order valence-electron chi connectivity index (χ4n) is 14.5. The van der Waals surface area contributed by atoms with Crippen molar-refractivity contribution in [2.24, 2.45) is 5.92 Å². The summed E-state index contributed by atoms with van der Waals surface area (Å²) >= 11 is 0. The maximum atomic E-state index is 13.2. The van der Waals surface area contributed by atoms with Crippen LogP contribution < -0.4 is 0 Å². The van der Waals surface area contributed by atoms with E-state index in [9.17, 15) is 43.2 Å². The topological polar surface area (TPSA) is 237 Å². The standard InChI is InChI=1S/C92H180O17P2/c1-6-9-12-15-18-21-24-26-28-30-32-34-36-38-40-42-46-51-56-61-66-71-76-90(95)103-82-88(109-91(96)77-72-67-62-57-52-47-43-41-39-37-35-33-31-29-27-25-22-19-16-13-10-7-2)84-107-111(100,101)105-80-86(93)79-104-110(98,99)106-83-87(81-102-89(94)75-70-65-60-55-49-23-20-17-14-11-8-3)108-92(97)78-73-68-63-58-53-48-44-45-50-54-59-64-69-74-85(4)5/h85-88,93H,6-84H2,1-5H3,(H,98,99)(H,100,101)/t86-,87+,88+/m0/s1. The molecule has 0 saturated heterocycles. The lowest BCUT2D eigenvalue weighted by atomic mass is 10.0. The van der Waals surface area contributed by atoms with Gasteiger partial charge in [0.1, 0.15) is 19.3 Å². The molecule has 0 aromatic rings. The highest BCUT2D eigenvalue weighted by Crippen LogP contribution is 2.45. The van der Waals surface area contributed by atoms with Gasteiger partial charge in [-0.15, -0.1) is 0 Å². The maximum Gasteiger partial charge on any atom is 0.472 e. The number of hydrogen-bond donors (Lipinski definition) is 3. The Labute approximate surface area is 683 Å². The highest BCUT2D eigenvalue weighted by Gasteiger charge is 2.31. The van der Waals surface area contributed by atoms with Crippen molar-refractivity contribution >= 4 is 39.5 Å². The van der Waals surface area contributed by atoms with E-state index in [4.69, 9.17) is 37.0 Å². The van der Waals surface area contributed by atoms with Gasteiger partial charge in [-0.05, 0) is 31.6 Å². The molecule has 0 bridgehead atoms. The number of hydrogen-bond acceptors (Lipinski definition) is 15. The molecule has 0 aromatic carbocycles. The van der Waals surface area contributed by atoms with Crippen molar-refractivity contribution in [1.29, 1.82) is 0 Å². The maximum absolute atomic E-state index is 13.2. The molecule has 2 unspecified atom stereocenters. The first-order valence-electron chi connectivity index (χ1n) is 47.6. The summed E-state index contributed by atoms with van der Waals surface area (Å²) in [6.45, 7) is 7.40. The first-order valence-corrected chi connectivity index (χ1v) is 50.6. The lowest BCUT2D eigenvalue weighted by Crippen LogP contribution is -2.30. The average molecular weight is 1620 g/mol. The number of aliphatic hydroxyl groups excluding tert-OH is 1. The number of carbonyl (C=O) groups excluding carboxylic acids is 4. The van der Waals surface area contributed by atoms with Crippen LogP contribution in [0.15, 0.2) is 0 Å². The monoisotopic (exact) mass is 1620 g/mol. The third kappa shape index (κ3) is 85.8. The molecule has 0 saturated carbocycles. The number of esters is 4. The van der Waals surface area contributed by atoms with E-state index in [0.29, 0.717) is 25.7 Å². The van der Waals surface area contributed by atoms with Gasteiger partial charge in [0, 0.05) is 25.7 Å². The zero-order chi connectivity index (χ0) is 81.1. The number of phosphoric acid groups is 2. The van der Waals surface area contributed by atoms with Crippen LogP contribution in [0.4, 0.5) is 0 Å². The van der Waals surface area contributed by atoms with Crippen molar-refractivity contribution in [3.8, 4) is 0 Å². The fraction of sp³-hybridized carbons (Fsp3) is 0.957. The minimum absolute atomic E-state index is 0.108. The van der Waals surface area contributed by atoms with E-state index in [-0.39, 0.29) is 25.7 Å². The van der Waals surface area contributed by atoms with Crippen molar-refractivity contribution in [3.05, 3.63) is 0 Å². The summed E-state index contributed by atoms with van der Waals surface area (Å²) in [5, 5.41) is 10.7. The van der Waals surface area contributed by atoms with Crippen molar-refractivity contribution in [1.82, 2.24) is 0 Å².